The minimum absolute atomic E-state index is 0.471. The molecule has 0 bridgehead atoms. The predicted molar refractivity (Wildman–Crippen MR) is 82.3 cm³/mol. The van der Waals surface area contributed by atoms with Gasteiger partial charge < -0.3 is 0 Å². The Balaban J connectivity index is 1.97. The largest absolute Gasteiger partial charge is 0.296 e. The molecule has 1 amide bonds. The molecule has 0 aromatic heterocycles. The van der Waals surface area contributed by atoms with Crippen LogP contribution in [-0.4, -0.2) is 52.6 Å². The van der Waals surface area contributed by atoms with Gasteiger partial charge in [0, 0.05) is 37.3 Å². The monoisotopic (exact) mass is 291 g/mol. The third kappa shape index (κ3) is 3.81. The van der Waals surface area contributed by atoms with Crippen LogP contribution in [0.15, 0.2) is 24.3 Å². The van der Waals surface area contributed by atoms with Gasteiger partial charge in [0.2, 0.25) is 0 Å². The molecule has 116 valence electrons. The number of piperazine rings is 1. The number of benzene rings is 1. The summed E-state index contributed by atoms with van der Waals surface area (Å²) in [7, 11) is 0. The molecule has 2 N–H and O–H groups in total. The number of hydrogen-bond donors (Lipinski definition) is 2. The maximum absolute atomic E-state index is 11.3. The van der Waals surface area contributed by atoms with E-state index in [2.05, 4.69) is 30.6 Å². The number of carbonyl (C=O) groups is 1. The van der Waals surface area contributed by atoms with E-state index in [0.717, 1.165) is 26.2 Å². The molecule has 1 aliphatic rings. The van der Waals surface area contributed by atoms with Gasteiger partial charge in [-0.05, 0) is 38.1 Å². The Labute approximate surface area is 126 Å². The molecule has 1 aromatic carbocycles. The third-order valence-corrected chi connectivity index (χ3v) is 4.27. The standard InChI is InChI=1S/C16H25N3O2/c1-4-19-12(2)9-18(10-13(19)3)11-14-5-7-15(8-6-14)16(20)17-21/h5-8,12-13,21H,4,9-11H2,1-3H3,(H,17,20). The van der Waals surface area contributed by atoms with Gasteiger partial charge in [-0.15, -0.1) is 0 Å². The normalized spacial score (nSPS) is 24.0. The van der Waals surface area contributed by atoms with Gasteiger partial charge in [-0.3, -0.25) is 19.8 Å². The lowest BCUT2D eigenvalue weighted by Crippen LogP contribution is -2.56. The van der Waals surface area contributed by atoms with Gasteiger partial charge in [0.05, 0.1) is 0 Å². The fraction of sp³-hybridized carbons (Fsp3) is 0.562. The summed E-state index contributed by atoms with van der Waals surface area (Å²) in [6.07, 6.45) is 0. The Morgan fingerprint density at radius 2 is 1.81 bits per heavy atom. The van der Waals surface area contributed by atoms with Crippen LogP contribution in [0.3, 0.4) is 0 Å². The summed E-state index contributed by atoms with van der Waals surface area (Å²) in [5.74, 6) is -0.472. The van der Waals surface area contributed by atoms with Crippen LogP contribution in [0.25, 0.3) is 0 Å². The molecule has 1 aromatic rings. The highest BCUT2D eigenvalue weighted by molar-refractivity contribution is 5.93. The first-order valence-corrected chi connectivity index (χ1v) is 7.56. The first-order chi connectivity index (χ1) is 10.0. The lowest BCUT2D eigenvalue weighted by atomic mass is 10.1. The van der Waals surface area contributed by atoms with Crippen molar-refractivity contribution in [3.05, 3.63) is 35.4 Å². The topological polar surface area (TPSA) is 55.8 Å². The molecule has 0 aliphatic carbocycles. The molecule has 0 spiro atoms. The van der Waals surface area contributed by atoms with Crippen LogP contribution in [0.4, 0.5) is 0 Å². The molecule has 1 saturated heterocycles. The van der Waals surface area contributed by atoms with Crippen LogP contribution < -0.4 is 5.48 Å². The van der Waals surface area contributed by atoms with Gasteiger partial charge in [0.1, 0.15) is 0 Å². The SMILES string of the molecule is CCN1C(C)CN(Cc2ccc(C(=O)NO)cc2)CC1C. The number of hydroxylamine groups is 1. The van der Waals surface area contributed by atoms with Gasteiger partial charge in [0.25, 0.3) is 5.91 Å². The van der Waals surface area contributed by atoms with Crippen molar-refractivity contribution >= 4 is 5.91 Å². The van der Waals surface area contributed by atoms with Crippen molar-refractivity contribution in [3.63, 3.8) is 0 Å². The van der Waals surface area contributed by atoms with E-state index in [9.17, 15) is 4.79 Å². The van der Waals surface area contributed by atoms with E-state index < -0.39 is 5.91 Å². The molecule has 2 rings (SSSR count). The summed E-state index contributed by atoms with van der Waals surface area (Å²) in [4.78, 5) is 16.3. The van der Waals surface area contributed by atoms with E-state index >= 15 is 0 Å². The quantitative estimate of drug-likeness (QED) is 0.655. The zero-order valence-corrected chi connectivity index (χ0v) is 13.0. The maximum Gasteiger partial charge on any atom is 0.274 e. The van der Waals surface area contributed by atoms with E-state index in [-0.39, 0.29) is 0 Å². The average Bonchev–Trinajstić information content (AvgIpc) is 2.47. The highest BCUT2D eigenvalue weighted by atomic mass is 16.5. The second-order valence-corrected chi connectivity index (χ2v) is 5.86. The van der Waals surface area contributed by atoms with Crippen molar-refractivity contribution in [2.75, 3.05) is 19.6 Å². The van der Waals surface area contributed by atoms with Crippen molar-refractivity contribution in [3.8, 4) is 0 Å². The Morgan fingerprint density at radius 1 is 1.24 bits per heavy atom. The van der Waals surface area contributed by atoms with Crippen LogP contribution in [0.1, 0.15) is 36.7 Å². The first kappa shape index (κ1) is 15.9. The van der Waals surface area contributed by atoms with Gasteiger partial charge in [-0.25, -0.2) is 5.48 Å². The molecule has 2 unspecified atom stereocenters. The average molecular weight is 291 g/mol. The molecule has 1 heterocycles. The Bertz CT molecular complexity index is 463. The minimum atomic E-state index is -0.472. The second-order valence-electron chi connectivity index (χ2n) is 5.86. The third-order valence-electron chi connectivity index (χ3n) is 4.27. The second kappa shape index (κ2) is 7.02. The summed E-state index contributed by atoms with van der Waals surface area (Å²) >= 11 is 0. The number of likely N-dealkylation sites (N-methyl/N-ethyl adjacent to an activating group) is 1. The van der Waals surface area contributed by atoms with E-state index in [1.54, 1.807) is 17.6 Å². The molecule has 2 atom stereocenters. The lowest BCUT2D eigenvalue weighted by molar-refractivity contribution is 0.0392. The fourth-order valence-corrected chi connectivity index (χ4v) is 3.30. The van der Waals surface area contributed by atoms with Crippen molar-refractivity contribution < 1.29 is 10.0 Å². The Kier molecular flexibility index (Phi) is 5.33. The zero-order valence-electron chi connectivity index (χ0n) is 13.0. The van der Waals surface area contributed by atoms with Crippen LogP contribution >= 0.6 is 0 Å². The summed E-state index contributed by atoms with van der Waals surface area (Å²) in [6, 6.07) is 8.53. The summed E-state index contributed by atoms with van der Waals surface area (Å²) < 4.78 is 0. The summed E-state index contributed by atoms with van der Waals surface area (Å²) in [6.45, 7) is 10.9. The molecule has 5 heteroatoms. The number of nitrogens with zero attached hydrogens (tertiary/aromatic N) is 2. The number of nitrogens with one attached hydrogen (secondary N) is 1. The molecule has 0 saturated carbocycles. The summed E-state index contributed by atoms with van der Waals surface area (Å²) in [5, 5.41) is 8.61. The first-order valence-electron chi connectivity index (χ1n) is 7.56. The van der Waals surface area contributed by atoms with E-state index in [4.69, 9.17) is 5.21 Å². The molecule has 0 radical (unpaired) electrons. The van der Waals surface area contributed by atoms with Crippen LogP contribution in [-0.2, 0) is 6.54 Å². The molecular formula is C16H25N3O2. The zero-order chi connectivity index (χ0) is 15.4. The number of carbonyl (C=O) groups excluding carboxylic acids is 1. The molecular weight excluding hydrogens is 266 g/mol. The highest BCUT2D eigenvalue weighted by Crippen LogP contribution is 2.17. The van der Waals surface area contributed by atoms with E-state index in [0.29, 0.717) is 17.6 Å². The van der Waals surface area contributed by atoms with Crippen molar-refractivity contribution in [2.45, 2.75) is 39.4 Å². The number of amides is 1. The van der Waals surface area contributed by atoms with Crippen molar-refractivity contribution in [1.29, 1.82) is 0 Å². The fourth-order valence-electron chi connectivity index (χ4n) is 3.30. The maximum atomic E-state index is 11.3. The van der Waals surface area contributed by atoms with Crippen molar-refractivity contribution in [2.24, 2.45) is 0 Å². The molecule has 5 nitrogen and oxygen atoms in total. The smallest absolute Gasteiger partial charge is 0.274 e. The Hall–Kier alpha value is -1.43. The van der Waals surface area contributed by atoms with Crippen molar-refractivity contribution in [1.82, 2.24) is 15.3 Å². The molecule has 21 heavy (non-hydrogen) atoms. The number of hydrogen-bond acceptors (Lipinski definition) is 4. The van der Waals surface area contributed by atoms with Gasteiger partial charge in [-0.1, -0.05) is 19.1 Å². The predicted octanol–water partition coefficient (Wildman–Crippen LogP) is 1.72. The van der Waals surface area contributed by atoms with Crippen LogP contribution in [0.2, 0.25) is 0 Å². The van der Waals surface area contributed by atoms with Gasteiger partial charge >= 0.3 is 0 Å². The van der Waals surface area contributed by atoms with E-state index in [1.165, 1.54) is 5.56 Å². The van der Waals surface area contributed by atoms with E-state index in [1.807, 2.05) is 12.1 Å². The Morgan fingerprint density at radius 3 is 2.29 bits per heavy atom. The van der Waals surface area contributed by atoms with Crippen LogP contribution in [0.5, 0.6) is 0 Å². The highest BCUT2D eigenvalue weighted by Gasteiger charge is 2.27. The lowest BCUT2D eigenvalue weighted by Gasteiger charge is -2.44. The minimum Gasteiger partial charge on any atom is -0.296 e. The molecule has 1 aliphatic heterocycles. The number of rotatable bonds is 4. The molecule has 1 fully saturated rings. The summed E-state index contributed by atoms with van der Waals surface area (Å²) in [5.41, 5.74) is 3.31. The van der Waals surface area contributed by atoms with Gasteiger partial charge in [0.15, 0.2) is 0 Å². The van der Waals surface area contributed by atoms with Crippen LogP contribution in [0, 0.1) is 0 Å². The van der Waals surface area contributed by atoms with Gasteiger partial charge in [-0.2, -0.15) is 0 Å².